The van der Waals surface area contributed by atoms with E-state index in [1.807, 2.05) is 18.2 Å². The first-order chi connectivity index (χ1) is 12.3. The lowest BCUT2D eigenvalue weighted by Gasteiger charge is -2.19. The van der Waals surface area contributed by atoms with Gasteiger partial charge < -0.3 is 19.5 Å². The Kier molecular flexibility index (Phi) is 4.61. The van der Waals surface area contributed by atoms with Gasteiger partial charge in [-0.15, -0.1) is 0 Å². The van der Waals surface area contributed by atoms with Crippen LogP contribution in [0.1, 0.15) is 17.5 Å². The molecule has 2 heterocycles. The van der Waals surface area contributed by atoms with Gasteiger partial charge in [-0.3, -0.25) is 0 Å². The van der Waals surface area contributed by atoms with Gasteiger partial charge in [0.15, 0.2) is 0 Å². The average molecular weight is 337 g/mol. The first-order valence-electron chi connectivity index (χ1n) is 8.78. The van der Waals surface area contributed by atoms with Gasteiger partial charge >= 0.3 is 0 Å². The minimum atomic E-state index is 0.167. The van der Waals surface area contributed by atoms with Crippen molar-refractivity contribution in [3.63, 3.8) is 0 Å². The molecule has 0 radical (unpaired) electrons. The van der Waals surface area contributed by atoms with E-state index in [1.165, 1.54) is 5.57 Å². The molecule has 0 bridgehead atoms. The summed E-state index contributed by atoms with van der Waals surface area (Å²) in [7, 11) is 0. The van der Waals surface area contributed by atoms with Crippen molar-refractivity contribution >= 4 is 11.8 Å². The summed E-state index contributed by atoms with van der Waals surface area (Å²) >= 11 is 0. The number of fused-ring (bicyclic) bond motifs is 1. The molecule has 4 heteroatoms. The van der Waals surface area contributed by atoms with Gasteiger partial charge in [0.1, 0.15) is 24.2 Å². The molecule has 1 saturated heterocycles. The van der Waals surface area contributed by atoms with Crippen molar-refractivity contribution in [3.8, 4) is 11.5 Å². The van der Waals surface area contributed by atoms with Crippen LogP contribution >= 0.6 is 0 Å². The van der Waals surface area contributed by atoms with Crippen LogP contribution in [-0.4, -0.2) is 32.5 Å². The first-order valence-corrected chi connectivity index (χ1v) is 8.78. The van der Waals surface area contributed by atoms with E-state index in [-0.39, 0.29) is 6.10 Å². The minimum Gasteiger partial charge on any atom is -0.489 e. The summed E-state index contributed by atoms with van der Waals surface area (Å²) in [6.45, 7) is 4.92. The molecule has 4 rings (SSSR count). The van der Waals surface area contributed by atoms with Crippen LogP contribution in [0.15, 0.2) is 48.0 Å². The second kappa shape index (κ2) is 7.19. The fourth-order valence-electron chi connectivity index (χ4n) is 3.10. The Morgan fingerprint density at radius 2 is 2.12 bits per heavy atom. The molecular formula is C21H23NO3. The zero-order valence-corrected chi connectivity index (χ0v) is 14.5. The Labute approximate surface area is 148 Å². The van der Waals surface area contributed by atoms with Crippen molar-refractivity contribution in [2.24, 2.45) is 0 Å². The maximum atomic E-state index is 6.08. The molecule has 4 nitrogen and oxygen atoms in total. The summed E-state index contributed by atoms with van der Waals surface area (Å²) in [5.74, 6) is 1.88. The quantitative estimate of drug-likeness (QED) is 0.893. The predicted molar refractivity (Wildman–Crippen MR) is 99.4 cm³/mol. The van der Waals surface area contributed by atoms with E-state index in [0.717, 1.165) is 47.9 Å². The SMILES string of the molecule is Cc1ccc(NCC2=Cc3ccccc3OC2)cc1O[C@@H]1CCOC1. The van der Waals surface area contributed by atoms with Crippen LogP contribution in [0.3, 0.4) is 0 Å². The maximum Gasteiger partial charge on any atom is 0.127 e. The number of benzene rings is 2. The lowest BCUT2D eigenvalue weighted by molar-refractivity contribution is 0.141. The van der Waals surface area contributed by atoms with Crippen LogP contribution in [0.2, 0.25) is 0 Å². The van der Waals surface area contributed by atoms with Gasteiger partial charge in [-0.1, -0.05) is 24.3 Å². The number of hydrogen-bond acceptors (Lipinski definition) is 4. The number of aryl methyl sites for hydroxylation is 1. The molecule has 0 aromatic heterocycles. The fraction of sp³-hybridized carbons (Fsp3) is 0.333. The van der Waals surface area contributed by atoms with Gasteiger partial charge in [0.05, 0.1) is 13.2 Å². The summed E-state index contributed by atoms with van der Waals surface area (Å²) in [6, 6.07) is 14.4. The van der Waals surface area contributed by atoms with Crippen molar-refractivity contribution < 1.29 is 14.2 Å². The Balaban J connectivity index is 1.42. The van der Waals surface area contributed by atoms with Crippen molar-refractivity contribution in [2.75, 3.05) is 31.7 Å². The summed E-state index contributed by atoms with van der Waals surface area (Å²) in [6.07, 6.45) is 3.33. The summed E-state index contributed by atoms with van der Waals surface area (Å²) in [5, 5.41) is 3.48. The molecule has 1 atom stereocenters. The lowest BCUT2D eigenvalue weighted by atomic mass is 10.1. The summed E-state index contributed by atoms with van der Waals surface area (Å²) in [4.78, 5) is 0. The standard InChI is InChI=1S/C21H23NO3/c1-15-6-7-18(11-21(15)25-19-8-9-23-14-19)22-12-16-10-17-4-2-3-5-20(17)24-13-16/h2-7,10-11,19,22H,8-9,12-14H2,1H3/t19-/m1/s1. The zero-order chi connectivity index (χ0) is 17.1. The van der Waals surface area contributed by atoms with E-state index in [4.69, 9.17) is 14.2 Å². The third-order valence-corrected chi connectivity index (χ3v) is 4.58. The molecule has 0 spiro atoms. The first kappa shape index (κ1) is 16.0. The van der Waals surface area contributed by atoms with E-state index in [2.05, 4.69) is 42.6 Å². The van der Waals surface area contributed by atoms with Crippen molar-refractivity contribution in [2.45, 2.75) is 19.4 Å². The van der Waals surface area contributed by atoms with E-state index >= 15 is 0 Å². The molecule has 1 N–H and O–H groups in total. The fourth-order valence-corrected chi connectivity index (χ4v) is 3.10. The molecule has 130 valence electrons. The molecule has 2 aromatic rings. The summed E-state index contributed by atoms with van der Waals surface area (Å²) < 4.78 is 17.3. The Morgan fingerprint density at radius 3 is 3.00 bits per heavy atom. The third-order valence-electron chi connectivity index (χ3n) is 4.58. The van der Waals surface area contributed by atoms with Gasteiger partial charge in [0.25, 0.3) is 0 Å². The number of anilines is 1. The zero-order valence-electron chi connectivity index (χ0n) is 14.5. The van der Waals surface area contributed by atoms with Gasteiger partial charge in [0.2, 0.25) is 0 Å². The van der Waals surface area contributed by atoms with Crippen LogP contribution < -0.4 is 14.8 Å². The van der Waals surface area contributed by atoms with Crippen LogP contribution in [0.5, 0.6) is 11.5 Å². The molecule has 0 saturated carbocycles. The number of hydrogen-bond donors (Lipinski definition) is 1. The smallest absolute Gasteiger partial charge is 0.127 e. The average Bonchev–Trinajstić information content (AvgIpc) is 3.15. The highest BCUT2D eigenvalue weighted by Gasteiger charge is 2.18. The van der Waals surface area contributed by atoms with Crippen LogP contribution in [0.4, 0.5) is 5.69 Å². The Bertz CT molecular complexity index is 778. The normalized spacial score (nSPS) is 18.9. The Hall–Kier alpha value is -2.46. The van der Waals surface area contributed by atoms with E-state index < -0.39 is 0 Å². The monoisotopic (exact) mass is 337 g/mol. The highest BCUT2D eigenvalue weighted by atomic mass is 16.5. The lowest BCUT2D eigenvalue weighted by Crippen LogP contribution is -2.17. The number of ether oxygens (including phenoxy) is 3. The van der Waals surface area contributed by atoms with Gasteiger partial charge in [-0.05, 0) is 36.3 Å². The van der Waals surface area contributed by atoms with Crippen LogP contribution in [0.25, 0.3) is 6.08 Å². The molecule has 1 fully saturated rings. The second-order valence-electron chi connectivity index (χ2n) is 6.57. The molecule has 0 aliphatic carbocycles. The molecule has 0 amide bonds. The van der Waals surface area contributed by atoms with Crippen molar-refractivity contribution in [3.05, 3.63) is 59.2 Å². The van der Waals surface area contributed by atoms with Gasteiger partial charge in [0, 0.05) is 30.3 Å². The molecule has 2 aliphatic rings. The molecular weight excluding hydrogens is 314 g/mol. The Morgan fingerprint density at radius 1 is 1.20 bits per heavy atom. The van der Waals surface area contributed by atoms with E-state index in [9.17, 15) is 0 Å². The minimum absolute atomic E-state index is 0.167. The molecule has 25 heavy (non-hydrogen) atoms. The number of rotatable bonds is 5. The van der Waals surface area contributed by atoms with Gasteiger partial charge in [-0.25, -0.2) is 0 Å². The predicted octanol–water partition coefficient (Wildman–Crippen LogP) is 4.05. The molecule has 2 aromatic carbocycles. The second-order valence-corrected chi connectivity index (χ2v) is 6.57. The largest absolute Gasteiger partial charge is 0.489 e. The topological polar surface area (TPSA) is 39.7 Å². The van der Waals surface area contributed by atoms with Gasteiger partial charge in [-0.2, -0.15) is 0 Å². The highest BCUT2D eigenvalue weighted by Crippen LogP contribution is 2.28. The van der Waals surface area contributed by atoms with E-state index in [1.54, 1.807) is 0 Å². The number of nitrogens with one attached hydrogen (secondary N) is 1. The van der Waals surface area contributed by atoms with Crippen molar-refractivity contribution in [1.29, 1.82) is 0 Å². The maximum absolute atomic E-state index is 6.08. The number of para-hydroxylation sites is 1. The van der Waals surface area contributed by atoms with Crippen LogP contribution in [0, 0.1) is 6.92 Å². The molecule has 2 aliphatic heterocycles. The third kappa shape index (κ3) is 3.80. The molecule has 0 unspecified atom stereocenters. The van der Waals surface area contributed by atoms with Crippen LogP contribution in [-0.2, 0) is 4.74 Å². The highest BCUT2D eigenvalue weighted by molar-refractivity contribution is 5.63. The van der Waals surface area contributed by atoms with E-state index in [0.29, 0.717) is 13.2 Å². The van der Waals surface area contributed by atoms with Crippen molar-refractivity contribution in [1.82, 2.24) is 0 Å². The summed E-state index contributed by atoms with van der Waals surface area (Å²) in [5.41, 5.74) is 4.57.